The Labute approximate surface area is 190 Å². The van der Waals surface area contributed by atoms with Crippen LogP contribution in [-0.2, 0) is 21.9 Å². The van der Waals surface area contributed by atoms with Crippen LogP contribution in [0.1, 0.15) is 15.9 Å². The molecule has 0 radical (unpaired) electrons. The van der Waals surface area contributed by atoms with Crippen LogP contribution in [0, 0.1) is 6.92 Å². The van der Waals surface area contributed by atoms with Crippen molar-refractivity contribution in [3.8, 4) is 0 Å². The third-order valence-electron chi connectivity index (χ3n) is 4.54. The van der Waals surface area contributed by atoms with E-state index in [2.05, 4.69) is 20.3 Å². The highest BCUT2D eigenvalue weighted by molar-refractivity contribution is 7.99. The number of aromatic nitrogens is 2. The van der Waals surface area contributed by atoms with Crippen LogP contribution in [0.15, 0.2) is 64.9 Å². The summed E-state index contributed by atoms with van der Waals surface area (Å²) in [4.78, 5) is 28.9. The van der Waals surface area contributed by atoms with E-state index in [9.17, 15) is 18.0 Å². The lowest BCUT2D eigenvalue weighted by Gasteiger charge is -2.11. The molecule has 3 N–H and O–H groups in total. The number of hydrogen-bond donors (Lipinski definition) is 3. The number of imidazole rings is 1. The highest BCUT2D eigenvalue weighted by Crippen LogP contribution is 2.21. The van der Waals surface area contributed by atoms with Crippen molar-refractivity contribution in [2.24, 2.45) is 7.05 Å². The van der Waals surface area contributed by atoms with E-state index in [1.165, 1.54) is 24.9 Å². The normalized spacial score (nSPS) is 11.2. The van der Waals surface area contributed by atoms with Gasteiger partial charge in [-0.1, -0.05) is 17.8 Å². The summed E-state index contributed by atoms with van der Waals surface area (Å²) in [5.74, 6) is -0.378. The minimum Gasteiger partial charge on any atom is -0.329 e. The van der Waals surface area contributed by atoms with Crippen LogP contribution in [0.25, 0.3) is 0 Å². The molecule has 1 aromatic heterocycles. The molecule has 11 heteroatoms. The molecule has 2 amide bonds. The van der Waals surface area contributed by atoms with Gasteiger partial charge < -0.3 is 15.2 Å². The van der Waals surface area contributed by atoms with Crippen LogP contribution in [0.2, 0.25) is 0 Å². The number of carbonyl (C=O) groups excluding carboxylic acids is 2. The zero-order valence-electron chi connectivity index (χ0n) is 17.7. The van der Waals surface area contributed by atoms with Gasteiger partial charge in [0.15, 0.2) is 5.16 Å². The number of sulfonamides is 1. The van der Waals surface area contributed by atoms with Gasteiger partial charge in [-0.3, -0.25) is 9.59 Å². The summed E-state index contributed by atoms with van der Waals surface area (Å²) < 4.78 is 28.3. The van der Waals surface area contributed by atoms with Gasteiger partial charge in [-0.05, 0) is 55.9 Å². The van der Waals surface area contributed by atoms with Crippen LogP contribution in [0.4, 0.5) is 11.4 Å². The zero-order chi connectivity index (χ0) is 23.3. The Balaban J connectivity index is 1.61. The van der Waals surface area contributed by atoms with Gasteiger partial charge in [0.2, 0.25) is 15.9 Å². The predicted octanol–water partition coefficient (Wildman–Crippen LogP) is 2.62. The van der Waals surface area contributed by atoms with Gasteiger partial charge in [0.25, 0.3) is 5.91 Å². The Morgan fingerprint density at radius 1 is 1.06 bits per heavy atom. The fourth-order valence-corrected chi connectivity index (χ4v) is 4.53. The molecule has 0 unspecified atom stereocenters. The Hall–Kier alpha value is -3.15. The van der Waals surface area contributed by atoms with Crippen LogP contribution >= 0.6 is 11.8 Å². The number of thioether (sulfide) groups is 1. The van der Waals surface area contributed by atoms with Gasteiger partial charge >= 0.3 is 0 Å². The van der Waals surface area contributed by atoms with E-state index in [0.717, 1.165) is 5.16 Å². The summed E-state index contributed by atoms with van der Waals surface area (Å²) in [7, 11) is -0.453. The molecule has 0 atom stereocenters. The molecule has 0 saturated carbocycles. The lowest BCUT2D eigenvalue weighted by molar-refractivity contribution is -0.113. The lowest BCUT2D eigenvalue weighted by atomic mass is 10.1. The lowest BCUT2D eigenvalue weighted by Crippen LogP contribution is -2.20. The van der Waals surface area contributed by atoms with Crippen molar-refractivity contribution in [1.29, 1.82) is 0 Å². The third kappa shape index (κ3) is 5.75. The van der Waals surface area contributed by atoms with Crippen molar-refractivity contribution < 1.29 is 18.0 Å². The number of amides is 2. The Morgan fingerprint density at radius 2 is 1.75 bits per heavy atom. The molecule has 9 nitrogen and oxygen atoms in total. The minimum absolute atomic E-state index is 0.0965. The van der Waals surface area contributed by atoms with E-state index in [-0.39, 0.29) is 16.6 Å². The van der Waals surface area contributed by atoms with E-state index in [4.69, 9.17) is 0 Å². The molecule has 0 bridgehead atoms. The molecule has 2 aromatic carbocycles. The summed E-state index contributed by atoms with van der Waals surface area (Å²) in [6, 6.07) is 11.1. The fraction of sp³-hybridized carbons (Fsp3) is 0.190. The zero-order valence-corrected chi connectivity index (χ0v) is 19.4. The maximum absolute atomic E-state index is 12.6. The molecule has 0 saturated heterocycles. The molecule has 0 aliphatic heterocycles. The standard InChI is InChI=1S/C21H23N5O4S2/c1-14-4-7-17(12-18(14)32(29,30)22-2)25-20(28)15-5-8-16(9-6-15)24-19(27)13-31-21-23-10-11-26(21)3/h4-12,22H,13H2,1-3H3,(H,24,27)(H,25,28). The SMILES string of the molecule is CNS(=O)(=O)c1cc(NC(=O)c2ccc(NC(=O)CSc3nccn3C)cc2)ccc1C. The quantitative estimate of drug-likeness (QED) is 0.432. The summed E-state index contributed by atoms with van der Waals surface area (Å²) in [5.41, 5.74) is 1.85. The van der Waals surface area contributed by atoms with Gasteiger partial charge in [-0.15, -0.1) is 0 Å². The molecule has 0 fully saturated rings. The molecule has 3 aromatic rings. The number of carbonyl (C=O) groups is 2. The maximum Gasteiger partial charge on any atom is 0.255 e. The number of anilines is 2. The van der Waals surface area contributed by atoms with Crippen LogP contribution in [-0.4, -0.2) is 42.6 Å². The van der Waals surface area contributed by atoms with Gasteiger partial charge in [0.05, 0.1) is 10.6 Å². The highest BCUT2D eigenvalue weighted by atomic mass is 32.2. The smallest absolute Gasteiger partial charge is 0.255 e. The third-order valence-corrected chi connectivity index (χ3v) is 7.16. The van der Waals surface area contributed by atoms with Gasteiger partial charge in [0, 0.05) is 36.4 Å². The molecule has 3 rings (SSSR count). The first-order chi connectivity index (χ1) is 15.2. The highest BCUT2D eigenvalue weighted by Gasteiger charge is 2.16. The molecule has 168 valence electrons. The largest absolute Gasteiger partial charge is 0.329 e. The Kier molecular flexibility index (Phi) is 7.33. The molecule has 1 heterocycles. The van der Waals surface area contributed by atoms with Crippen molar-refractivity contribution >= 4 is 45.0 Å². The van der Waals surface area contributed by atoms with Gasteiger partial charge in [0.1, 0.15) is 0 Å². The van der Waals surface area contributed by atoms with E-state index in [1.807, 2.05) is 11.6 Å². The predicted molar refractivity (Wildman–Crippen MR) is 124 cm³/mol. The molecular formula is C21H23N5O4S2. The second kappa shape index (κ2) is 9.98. The van der Waals surface area contributed by atoms with Crippen molar-refractivity contribution in [3.63, 3.8) is 0 Å². The second-order valence-electron chi connectivity index (χ2n) is 6.88. The second-order valence-corrected chi connectivity index (χ2v) is 9.67. The van der Waals surface area contributed by atoms with E-state index in [0.29, 0.717) is 22.5 Å². The molecular weight excluding hydrogens is 450 g/mol. The van der Waals surface area contributed by atoms with Crippen LogP contribution < -0.4 is 15.4 Å². The molecule has 0 aliphatic carbocycles. The van der Waals surface area contributed by atoms with Gasteiger partial charge in [-0.25, -0.2) is 18.1 Å². The number of aryl methyl sites for hydroxylation is 2. The molecule has 0 aliphatic rings. The number of nitrogens with zero attached hydrogens (tertiary/aromatic N) is 2. The maximum atomic E-state index is 12.6. The first kappa shape index (κ1) is 23.5. The number of hydrogen-bond acceptors (Lipinski definition) is 6. The van der Waals surface area contributed by atoms with E-state index < -0.39 is 15.9 Å². The molecule has 0 spiro atoms. The first-order valence-electron chi connectivity index (χ1n) is 9.55. The summed E-state index contributed by atoms with van der Waals surface area (Å²) >= 11 is 1.32. The summed E-state index contributed by atoms with van der Waals surface area (Å²) in [6.07, 6.45) is 3.47. The number of benzene rings is 2. The Morgan fingerprint density at radius 3 is 2.38 bits per heavy atom. The van der Waals surface area contributed by atoms with Crippen LogP contribution in [0.5, 0.6) is 0 Å². The Bertz CT molecular complexity index is 1240. The van der Waals surface area contributed by atoms with Crippen molar-refractivity contribution in [3.05, 3.63) is 66.0 Å². The monoisotopic (exact) mass is 473 g/mol. The van der Waals surface area contributed by atoms with Crippen molar-refractivity contribution in [2.75, 3.05) is 23.4 Å². The minimum atomic E-state index is -3.64. The first-order valence-corrected chi connectivity index (χ1v) is 12.0. The average molecular weight is 474 g/mol. The number of nitrogens with one attached hydrogen (secondary N) is 3. The van der Waals surface area contributed by atoms with Crippen molar-refractivity contribution in [1.82, 2.24) is 14.3 Å². The van der Waals surface area contributed by atoms with Crippen LogP contribution in [0.3, 0.4) is 0 Å². The van der Waals surface area contributed by atoms with E-state index >= 15 is 0 Å². The van der Waals surface area contributed by atoms with Crippen molar-refractivity contribution in [2.45, 2.75) is 17.0 Å². The summed E-state index contributed by atoms with van der Waals surface area (Å²) in [6.45, 7) is 1.68. The van der Waals surface area contributed by atoms with Gasteiger partial charge in [-0.2, -0.15) is 0 Å². The topological polar surface area (TPSA) is 122 Å². The number of rotatable bonds is 8. The van der Waals surface area contributed by atoms with E-state index in [1.54, 1.807) is 55.7 Å². The average Bonchev–Trinajstić information content (AvgIpc) is 3.18. The molecule has 32 heavy (non-hydrogen) atoms. The summed E-state index contributed by atoms with van der Waals surface area (Å²) in [5, 5.41) is 6.21. The fourth-order valence-electron chi connectivity index (χ4n) is 2.80.